The molecule has 0 bridgehead atoms. The Hall–Kier alpha value is -0.0600. The summed E-state index contributed by atoms with van der Waals surface area (Å²) in [5.74, 6) is 0. The van der Waals surface area contributed by atoms with E-state index in [4.69, 9.17) is 0 Å². The van der Waals surface area contributed by atoms with Crippen LogP contribution >= 0.6 is 22.6 Å². The molecule has 1 heterocycles. The first kappa shape index (κ1) is 9.03. The van der Waals surface area contributed by atoms with Crippen LogP contribution in [0.2, 0.25) is 0 Å². The van der Waals surface area contributed by atoms with Crippen LogP contribution in [0.4, 0.5) is 0 Å². The molecule has 0 aliphatic carbocycles. The second-order valence-corrected chi connectivity index (χ2v) is 4.84. The lowest BCUT2D eigenvalue weighted by molar-refractivity contribution is 0.563. The number of rotatable bonds is 0. The van der Waals surface area contributed by atoms with Gasteiger partial charge >= 0.3 is 0 Å². The van der Waals surface area contributed by atoms with Gasteiger partial charge in [-0.3, -0.25) is 5.10 Å². The Bertz CT molecular complexity index is 258. The fraction of sp³-hybridized carbons (Fsp3) is 0.625. The van der Waals surface area contributed by atoms with Crippen LogP contribution in [0.1, 0.15) is 32.2 Å². The third kappa shape index (κ3) is 1.75. The van der Waals surface area contributed by atoms with E-state index in [0.717, 1.165) is 11.4 Å². The summed E-state index contributed by atoms with van der Waals surface area (Å²) in [7, 11) is 0. The van der Waals surface area contributed by atoms with E-state index >= 15 is 0 Å². The number of aromatic nitrogens is 2. The van der Waals surface area contributed by atoms with Crippen molar-refractivity contribution < 1.29 is 0 Å². The molecule has 0 unspecified atom stereocenters. The molecular weight excluding hydrogens is 251 g/mol. The standard InChI is InChI=1S/C8H13IN2/c1-5-6(9)7(11-10-5)8(2,3)4/h1-4H3,(H,10,11). The van der Waals surface area contributed by atoms with Gasteiger partial charge < -0.3 is 0 Å². The molecule has 1 rings (SSSR count). The molecule has 62 valence electrons. The molecule has 1 aromatic rings. The molecule has 1 N–H and O–H groups in total. The summed E-state index contributed by atoms with van der Waals surface area (Å²) in [4.78, 5) is 0. The van der Waals surface area contributed by atoms with Crippen molar-refractivity contribution in [3.8, 4) is 0 Å². The van der Waals surface area contributed by atoms with Crippen molar-refractivity contribution in [3.05, 3.63) is 15.0 Å². The summed E-state index contributed by atoms with van der Waals surface area (Å²) in [6.45, 7) is 8.56. The van der Waals surface area contributed by atoms with Gasteiger partial charge in [-0.2, -0.15) is 5.10 Å². The Kier molecular flexibility index (Phi) is 2.27. The lowest BCUT2D eigenvalue weighted by atomic mass is 9.92. The highest BCUT2D eigenvalue weighted by atomic mass is 127. The zero-order valence-electron chi connectivity index (χ0n) is 7.33. The van der Waals surface area contributed by atoms with Crippen molar-refractivity contribution in [1.82, 2.24) is 10.2 Å². The number of aromatic amines is 1. The zero-order valence-corrected chi connectivity index (χ0v) is 9.48. The number of aryl methyl sites for hydroxylation is 1. The predicted octanol–water partition coefficient (Wildman–Crippen LogP) is 2.62. The molecule has 0 radical (unpaired) electrons. The highest BCUT2D eigenvalue weighted by Crippen LogP contribution is 2.26. The van der Waals surface area contributed by atoms with Gasteiger partial charge in [0, 0.05) is 11.1 Å². The van der Waals surface area contributed by atoms with Gasteiger partial charge in [-0.25, -0.2) is 0 Å². The minimum atomic E-state index is 0.154. The maximum atomic E-state index is 4.25. The SMILES string of the molecule is Cc1[nH]nc(C(C)(C)C)c1I. The Morgan fingerprint density at radius 1 is 1.36 bits per heavy atom. The zero-order chi connectivity index (χ0) is 8.65. The summed E-state index contributed by atoms with van der Waals surface area (Å²) in [6.07, 6.45) is 0. The van der Waals surface area contributed by atoms with Gasteiger partial charge in [-0.05, 0) is 29.5 Å². The summed E-state index contributed by atoms with van der Waals surface area (Å²) < 4.78 is 1.26. The molecule has 0 aliphatic heterocycles. The van der Waals surface area contributed by atoms with E-state index in [1.54, 1.807) is 0 Å². The normalized spacial score (nSPS) is 12.1. The number of nitrogens with zero attached hydrogens (tertiary/aromatic N) is 1. The fourth-order valence-electron chi connectivity index (χ4n) is 0.912. The number of halogens is 1. The maximum absolute atomic E-state index is 4.25. The van der Waals surface area contributed by atoms with E-state index in [1.165, 1.54) is 3.57 Å². The van der Waals surface area contributed by atoms with Crippen LogP contribution in [-0.2, 0) is 5.41 Å². The second kappa shape index (κ2) is 2.77. The first-order valence-corrected chi connectivity index (χ1v) is 4.71. The Morgan fingerprint density at radius 2 is 1.91 bits per heavy atom. The van der Waals surface area contributed by atoms with Crippen LogP contribution in [0.25, 0.3) is 0 Å². The molecule has 11 heavy (non-hydrogen) atoms. The molecular formula is C8H13IN2. The third-order valence-electron chi connectivity index (χ3n) is 1.58. The molecule has 0 atom stereocenters. The lowest BCUT2D eigenvalue weighted by Crippen LogP contribution is -2.13. The van der Waals surface area contributed by atoms with Gasteiger partial charge in [-0.15, -0.1) is 0 Å². The maximum Gasteiger partial charge on any atom is 0.0811 e. The minimum absolute atomic E-state index is 0.154. The van der Waals surface area contributed by atoms with Crippen molar-refractivity contribution >= 4 is 22.6 Å². The summed E-state index contributed by atoms with van der Waals surface area (Å²) in [5.41, 5.74) is 2.48. The van der Waals surface area contributed by atoms with E-state index in [-0.39, 0.29) is 5.41 Å². The van der Waals surface area contributed by atoms with Gasteiger partial charge in [0.2, 0.25) is 0 Å². The smallest absolute Gasteiger partial charge is 0.0811 e. The van der Waals surface area contributed by atoms with Gasteiger partial charge in [0.25, 0.3) is 0 Å². The van der Waals surface area contributed by atoms with E-state index in [1.807, 2.05) is 6.92 Å². The second-order valence-electron chi connectivity index (χ2n) is 3.76. The molecule has 3 heteroatoms. The van der Waals surface area contributed by atoms with Crippen LogP contribution in [0, 0.1) is 10.5 Å². The first-order chi connectivity index (χ1) is 4.93. The molecule has 0 saturated heterocycles. The van der Waals surface area contributed by atoms with Crippen molar-refractivity contribution in [2.24, 2.45) is 0 Å². The minimum Gasteiger partial charge on any atom is -0.281 e. The van der Waals surface area contributed by atoms with Gasteiger partial charge in [0.05, 0.1) is 9.26 Å². The quantitative estimate of drug-likeness (QED) is 0.717. The van der Waals surface area contributed by atoms with Crippen LogP contribution in [0.5, 0.6) is 0 Å². The van der Waals surface area contributed by atoms with Crippen LogP contribution in [-0.4, -0.2) is 10.2 Å². The average molecular weight is 264 g/mol. The van der Waals surface area contributed by atoms with Crippen molar-refractivity contribution in [2.45, 2.75) is 33.1 Å². The van der Waals surface area contributed by atoms with E-state index in [0.29, 0.717) is 0 Å². The topological polar surface area (TPSA) is 28.7 Å². The average Bonchev–Trinajstić information content (AvgIpc) is 2.11. The van der Waals surface area contributed by atoms with Gasteiger partial charge in [0.15, 0.2) is 0 Å². The number of nitrogens with one attached hydrogen (secondary N) is 1. The number of hydrogen-bond donors (Lipinski definition) is 1. The molecule has 0 amide bonds. The monoisotopic (exact) mass is 264 g/mol. The van der Waals surface area contributed by atoms with E-state index < -0.39 is 0 Å². The number of hydrogen-bond acceptors (Lipinski definition) is 1. The van der Waals surface area contributed by atoms with Crippen molar-refractivity contribution in [2.75, 3.05) is 0 Å². The van der Waals surface area contributed by atoms with Crippen LogP contribution in [0.3, 0.4) is 0 Å². The first-order valence-electron chi connectivity index (χ1n) is 3.64. The summed E-state index contributed by atoms with van der Waals surface area (Å²) in [6, 6.07) is 0. The van der Waals surface area contributed by atoms with Crippen molar-refractivity contribution in [1.29, 1.82) is 0 Å². The Balaban J connectivity index is 3.15. The van der Waals surface area contributed by atoms with Crippen molar-refractivity contribution in [3.63, 3.8) is 0 Å². The molecule has 0 saturated carbocycles. The fourth-order valence-corrected chi connectivity index (χ4v) is 1.96. The van der Waals surface area contributed by atoms with E-state index in [9.17, 15) is 0 Å². The highest BCUT2D eigenvalue weighted by Gasteiger charge is 2.20. The molecule has 2 nitrogen and oxygen atoms in total. The largest absolute Gasteiger partial charge is 0.281 e. The Labute approximate surface area is 80.9 Å². The lowest BCUT2D eigenvalue weighted by Gasteiger charge is -2.15. The van der Waals surface area contributed by atoms with Gasteiger partial charge in [0.1, 0.15) is 0 Å². The molecule has 0 fully saturated rings. The molecule has 0 aliphatic rings. The van der Waals surface area contributed by atoms with Gasteiger partial charge in [-0.1, -0.05) is 20.8 Å². The molecule has 0 spiro atoms. The molecule has 0 aromatic carbocycles. The molecule has 1 aromatic heterocycles. The number of H-pyrrole nitrogens is 1. The van der Waals surface area contributed by atoms with Crippen LogP contribution in [0.15, 0.2) is 0 Å². The van der Waals surface area contributed by atoms with E-state index in [2.05, 4.69) is 53.6 Å². The summed E-state index contributed by atoms with van der Waals surface area (Å²) in [5, 5.41) is 7.24. The Morgan fingerprint density at radius 3 is 2.09 bits per heavy atom. The predicted molar refractivity (Wildman–Crippen MR) is 54.7 cm³/mol. The third-order valence-corrected chi connectivity index (χ3v) is 2.90. The highest BCUT2D eigenvalue weighted by molar-refractivity contribution is 14.1. The van der Waals surface area contributed by atoms with Crippen LogP contribution < -0.4 is 0 Å². The summed E-state index contributed by atoms with van der Waals surface area (Å²) >= 11 is 2.33.